The summed E-state index contributed by atoms with van der Waals surface area (Å²) in [7, 11) is 2.05. The molecule has 0 aliphatic carbocycles. The molecule has 10 heteroatoms. The average Bonchev–Trinajstić information content (AvgIpc) is 3.31. The number of carbonyl (C=O) groups excluding carboxylic acids is 1. The fraction of sp³-hybridized carbons (Fsp3) is 0.259. The average molecular weight is 536 g/mol. The number of aromatic nitrogens is 1. The predicted molar refractivity (Wildman–Crippen MR) is 150 cm³/mol. The first-order chi connectivity index (χ1) is 17.8. The molecule has 0 radical (unpaired) electrons. The molecular weight excluding hydrogens is 510 g/mol. The van der Waals surface area contributed by atoms with Gasteiger partial charge in [-0.3, -0.25) is 14.9 Å². The van der Waals surface area contributed by atoms with Gasteiger partial charge in [0.05, 0.1) is 25.7 Å². The van der Waals surface area contributed by atoms with Gasteiger partial charge in [0.1, 0.15) is 10.7 Å². The highest BCUT2D eigenvalue weighted by Crippen LogP contribution is 2.35. The third-order valence-electron chi connectivity index (χ3n) is 6.63. The Morgan fingerprint density at radius 3 is 2.62 bits per heavy atom. The number of nitrogens with zero attached hydrogens (tertiary/aromatic N) is 3. The van der Waals surface area contributed by atoms with Crippen molar-refractivity contribution in [3.8, 4) is 10.6 Å². The van der Waals surface area contributed by atoms with E-state index in [2.05, 4.69) is 22.6 Å². The van der Waals surface area contributed by atoms with Crippen LogP contribution >= 0.6 is 22.9 Å². The Bertz CT molecular complexity index is 1460. The van der Waals surface area contributed by atoms with Crippen molar-refractivity contribution in [1.29, 1.82) is 0 Å². The van der Waals surface area contributed by atoms with E-state index in [0.29, 0.717) is 11.4 Å². The number of aryl methyl sites for hydroxylation is 1. The number of anilines is 2. The topological polar surface area (TPSA) is 100 Å². The summed E-state index contributed by atoms with van der Waals surface area (Å²) in [6.45, 7) is 3.71. The monoisotopic (exact) mass is 535 g/mol. The van der Waals surface area contributed by atoms with Gasteiger partial charge in [0, 0.05) is 23.4 Å². The summed E-state index contributed by atoms with van der Waals surface area (Å²) in [5.74, 6) is -0.511. The van der Waals surface area contributed by atoms with Crippen molar-refractivity contribution >= 4 is 56.1 Å². The standard InChI is InChI=1S/C27H26ClN5O3S/c1-16-7-8-17(27-31-21-5-3-4-6-25(21)37-27)13-22(16)30-26(34)19-14-24(33(35)36)23(15-20(19)28)29-18-9-11-32(2)12-10-18/h3-8,13-15,18,29H,9-12H2,1-2H3,(H,30,34). The highest BCUT2D eigenvalue weighted by molar-refractivity contribution is 7.21. The first-order valence-corrected chi connectivity index (χ1v) is 13.2. The van der Waals surface area contributed by atoms with Crippen LogP contribution in [-0.4, -0.2) is 46.9 Å². The Morgan fingerprint density at radius 1 is 1.14 bits per heavy atom. The van der Waals surface area contributed by atoms with Crippen molar-refractivity contribution in [2.75, 3.05) is 30.8 Å². The van der Waals surface area contributed by atoms with Gasteiger partial charge >= 0.3 is 0 Å². The van der Waals surface area contributed by atoms with Gasteiger partial charge in [-0.05, 0) is 69.7 Å². The molecule has 0 saturated carbocycles. The van der Waals surface area contributed by atoms with Crippen LogP contribution in [0.1, 0.15) is 28.8 Å². The molecule has 0 unspecified atom stereocenters. The van der Waals surface area contributed by atoms with Gasteiger partial charge in [0.15, 0.2) is 0 Å². The van der Waals surface area contributed by atoms with Crippen LogP contribution in [0.3, 0.4) is 0 Å². The zero-order valence-corrected chi connectivity index (χ0v) is 22.0. The lowest BCUT2D eigenvalue weighted by molar-refractivity contribution is -0.384. The molecule has 2 N–H and O–H groups in total. The van der Waals surface area contributed by atoms with E-state index >= 15 is 0 Å². The summed E-state index contributed by atoms with van der Waals surface area (Å²) in [4.78, 5) is 31.5. The highest BCUT2D eigenvalue weighted by Gasteiger charge is 2.25. The normalized spacial score (nSPS) is 14.6. The maximum atomic E-state index is 13.2. The maximum absolute atomic E-state index is 13.2. The van der Waals surface area contributed by atoms with Crippen LogP contribution in [-0.2, 0) is 0 Å². The Morgan fingerprint density at radius 2 is 1.89 bits per heavy atom. The van der Waals surface area contributed by atoms with E-state index < -0.39 is 10.8 Å². The number of likely N-dealkylation sites (tertiary alicyclic amines) is 1. The number of halogens is 1. The Labute approximate surface area is 223 Å². The molecule has 3 aromatic carbocycles. The summed E-state index contributed by atoms with van der Waals surface area (Å²) < 4.78 is 1.08. The number of para-hydroxylation sites is 1. The van der Waals surface area contributed by atoms with Crippen LogP contribution in [0, 0.1) is 17.0 Å². The first kappa shape index (κ1) is 25.1. The second kappa shape index (κ2) is 10.5. The number of amides is 1. The van der Waals surface area contributed by atoms with Gasteiger partial charge in [-0.25, -0.2) is 4.98 Å². The second-order valence-electron chi connectivity index (χ2n) is 9.30. The SMILES string of the molecule is Cc1ccc(-c2nc3ccccc3s2)cc1NC(=O)c1cc([N+](=O)[O-])c(NC2CCN(C)CC2)cc1Cl. The molecule has 2 heterocycles. The van der Waals surface area contributed by atoms with E-state index in [9.17, 15) is 14.9 Å². The number of thiazole rings is 1. The van der Waals surface area contributed by atoms with E-state index in [1.165, 1.54) is 12.1 Å². The van der Waals surface area contributed by atoms with Gasteiger partial charge in [-0.1, -0.05) is 35.9 Å². The number of piperidine rings is 1. The van der Waals surface area contributed by atoms with Crippen molar-refractivity contribution in [3.63, 3.8) is 0 Å². The van der Waals surface area contributed by atoms with Crippen molar-refractivity contribution in [2.45, 2.75) is 25.8 Å². The summed E-state index contributed by atoms with van der Waals surface area (Å²) in [5.41, 5.74) is 3.44. The Kier molecular flexibility index (Phi) is 7.10. The summed E-state index contributed by atoms with van der Waals surface area (Å²) in [6, 6.07) is 16.5. The molecule has 1 amide bonds. The van der Waals surface area contributed by atoms with E-state index in [-0.39, 0.29) is 22.3 Å². The molecule has 5 rings (SSSR count). The van der Waals surface area contributed by atoms with Gasteiger partial charge < -0.3 is 15.5 Å². The third kappa shape index (κ3) is 5.44. The molecule has 37 heavy (non-hydrogen) atoms. The number of rotatable bonds is 6. The molecule has 0 atom stereocenters. The Balaban J connectivity index is 1.40. The molecule has 190 valence electrons. The Hall–Kier alpha value is -3.53. The number of nitro groups is 1. The lowest BCUT2D eigenvalue weighted by Gasteiger charge is -2.30. The van der Waals surface area contributed by atoms with Crippen LogP contribution in [0.15, 0.2) is 54.6 Å². The fourth-order valence-corrected chi connectivity index (χ4v) is 5.66. The molecule has 1 aliphatic rings. The zero-order valence-electron chi connectivity index (χ0n) is 20.5. The van der Waals surface area contributed by atoms with Gasteiger partial charge in [-0.15, -0.1) is 11.3 Å². The molecule has 8 nitrogen and oxygen atoms in total. The number of benzene rings is 3. The third-order valence-corrected chi connectivity index (χ3v) is 8.03. The molecule has 4 aromatic rings. The summed E-state index contributed by atoms with van der Waals surface area (Å²) >= 11 is 8.05. The first-order valence-electron chi connectivity index (χ1n) is 12.0. The summed E-state index contributed by atoms with van der Waals surface area (Å²) in [6.07, 6.45) is 1.75. The number of hydrogen-bond donors (Lipinski definition) is 2. The van der Waals surface area contributed by atoms with Crippen molar-refractivity contribution in [2.24, 2.45) is 0 Å². The van der Waals surface area contributed by atoms with Crippen LogP contribution in [0.2, 0.25) is 5.02 Å². The molecule has 1 fully saturated rings. The second-order valence-corrected chi connectivity index (χ2v) is 10.7. The van der Waals surface area contributed by atoms with Gasteiger partial charge in [0.2, 0.25) is 0 Å². The van der Waals surface area contributed by atoms with Crippen LogP contribution < -0.4 is 10.6 Å². The number of carbonyl (C=O) groups is 1. The maximum Gasteiger partial charge on any atom is 0.293 e. The van der Waals surface area contributed by atoms with Crippen LogP contribution in [0.25, 0.3) is 20.8 Å². The lowest BCUT2D eigenvalue weighted by atomic mass is 10.0. The van der Waals surface area contributed by atoms with Gasteiger partial charge in [-0.2, -0.15) is 0 Å². The molecule has 1 aromatic heterocycles. The lowest BCUT2D eigenvalue weighted by Crippen LogP contribution is -2.36. The summed E-state index contributed by atoms with van der Waals surface area (Å²) in [5, 5.41) is 19.0. The number of nitrogens with one attached hydrogen (secondary N) is 2. The quantitative estimate of drug-likeness (QED) is 0.213. The van der Waals surface area contributed by atoms with E-state index in [0.717, 1.165) is 52.3 Å². The number of nitro benzene ring substituents is 1. The van der Waals surface area contributed by atoms with Gasteiger partial charge in [0.25, 0.3) is 11.6 Å². The van der Waals surface area contributed by atoms with Crippen molar-refractivity contribution < 1.29 is 9.72 Å². The molecule has 1 saturated heterocycles. The van der Waals surface area contributed by atoms with E-state index in [1.807, 2.05) is 49.4 Å². The largest absolute Gasteiger partial charge is 0.377 e. The van der Waals surface area contributed by atoms with Crippen LogP contribution in [0.4, 0.5) is 17.1 Å². The minimum atomic E-state index is -0.511. The number of fused-ring (bicyclic) bond motifs is 1. The minimum Gasteiger partial charge on any atom is -0.377 e. The smallest absolute Gasteiger partial charge is 0.293 e. The highest BCUT2D eigenvalue weighted by atomic mass is 35.5. The van der Waals surface area contributed by atoms with Crippen molar-refractivity contribution in [1.82, 2.24) is 9.88 Å². The van der Waals surface area contributed by atoms with E-state index in [4.69, 9.17) is 16.6 Å². The van der Waals surface area contributed by atoms with Crippen LogP contribution in [0.5, 0.6) is 0 Å². The number of hydrogen-bond acceptors (Lipinski definition) is 7. The molecule has 0 bridgehead atoms. The molecular formula is C27H26ClN5O3S. The fourth-order valence-electron chi connectivity index (χ4n) is 4.45. The van der Waals surface area contributed by atoms with Crippen molar-refractivity contribution in [3.05, 3.63) is 80.9 Å². The zero-order chi connectivity index (χ0) is 26.1. The molecule has 0 spiro atoms. The molecule has 1 aliphatic heterocycles. The minimum absolute atomic E-state index is 0.0482. The predicted octanol–water partition coefficient (Wildman–Crippen LogP) is 6.59. The van der Waals surface area contributed by atoms with E-state index in [1.54, 1.807) is 11.3 Å².